The number of carbonyl (C=O) groups is 1. The average Bonchev–Trinajstić information content (AvgIpc) is 2.73. The third-order valence-electron chi connectivity index (χ3n) is 4.84. The zero-order valence-electron chi connectivity index (χ0n) is 16.0. The molecule has 0 atom stereocenters. The van der Waals surface area contributed by atoms with Crippen molar-refractivity contribution in [3.05, 3.63) is 47.5 Å². The molecule has 0 aromatic heterocycles. The summed E-state index contributed by atoms with van der Waals surface area (Å²) in [4.78, 5) is 14.5. The van der Waals surface area contributed by atoms with Crippen molar-refractivity contribution < 1.29 is 27.4 Å². The van der Waals surface area contributed by atoms with Crippen LogP contribution in [-0.4, -0.2) is 58.7 Å². The largest absolute Gasteiger partial charge is 0.486 e. The van der Waals surface area contributed by atoms with Crippen LogP contribution in [0.3, 0.4) is 0 Å². The fourth-order valence-corrected chi connectivity index (χ4v) is 4.33. The molecule has 0 bridgehead atoms. The molecule has 2 heterocycles. The second-order valence-corrected chi connectivity index (χ2v) is 8.53. The molecule has 2 aromatic carbocycles. The van der Waals surface area contributed by atoms with E-state index in [2.05, 4.69) is 4.72 Å². The zero-order valence-corrected chi connectivity index (χ0v) is 16.8. The van der Waals surface area contributed by atoms with Crippen LogP contribution in [0.2, 0.25) is 0 Å². The molecule has 2 aliphatic rings. The van der Waals surface area contributed by atoms with Gasteiger partial charge in [-0.2, -0.15) is 0 Å². The van der Waals surface area contributed by atoms with E-state index in [0.717, 1.165) is 5.56 Å². The summed E-state index contributed by atoms with van der Waals surface area (Å²) in [6.07, 6.45) is 0. The molecular weight excluding hydrogens is 396 g/mol. The van der Waals surface area contributed by atoms with Crippen LogP contribution in [0.25, 0.3) is 0 Å². The van der Waals surface area contributed by atoms with Crippen molar-refractivity contribution in [2.75, 3.05) is 44.2 Å². The molecule has 1 fully saturated rings. The van der Waals surface area contributed by atoms with Crippen LogP contribution in [-0.2, 0) is 14.8 Å². The number of nitrogens with one attached hydrogen (secondary N) is 1. The highest BCUT2D eigenvalue weighted by Crippen LogP contribution is 2.33. The highest BCUT2D eigenvalue weighted by molar-refractivity contribution is 7.92. The normalized spacial score (nSPS) is 16.4. The Morgan fingerprint density at radius 3 is 2.45 bits per heavy atom. The molecule has 8 nitrogen and oxygen atoms in total. The second kappa shape index (κ2) is 7.92. The first-order valence-electron chi connectivity index (χ1n) is 9.34. The van der Waals surface area contributed by atoms with Gasteiger partial charge in [0.1, 0.15) is 13.2 Å². The first-order chi connectivity index (χ1) is 13.9. The maximum absolute atomic E-state index is 12.9. The van der Waals surface area contributed by atoms with Gasteiger partial charge in [-0.1, -0.05) is 6.07 Å². The number of carbonyl (C=O) groups excluding carboxylic acids is 1. The Hall–Kier alpha value is -2.78. The van der Waals surface area contributed by atoms with Crippen molar-refractivity contribution in [2.24, 2.45) is 0 Å². The highest BCUT2D eigenvalue weighted by atomic mass is 32.2. The van der Waals surface area contributed by atoms with Gasteiger partial charge < -0.3 is 19.1 Å². The van der Waals surface area contributed by atoms with Crippen molar-refractivity contribution in [2.45, 2.75) is 11.8 Å². The third-order valence-corrected chi connectivity index (χ3v) is 6.22. The van der Waals surface area contributed by atoms with Gasteiger partial charge in [0.15, 0.2) is 11.5 Å². The summed E-state index contributed by atoms with van der Waals surface area (Å²) in [5, 5.41) is 0. The lowest BCUT2D eigenvalue weighted by molar-refractivity contribution is 0.0302. The van der Waals surface area contributed by atoms with Crippen LogP contribution in [0.15, 0.2) is 41.3 Å². The van der Waals surface area contributed by atoms with E-state index in [0.29, 0.717) is 62.3 Å². The minimum atomic E-state index is -3.89. The molecule has 4 rings (SSSR count). The SMILES string of the molecule is Cc1ccc(S(=O)(=O)Nc2ccc3c(c2)OCCO3)cc1C(=O)N1CCOCC1. The second-order valence-electron chi connectivity index (χ2n) is 6.85. The molecule has 1 amide bonds. The number of nitrogens with zero attached hydrogens (tertiary/aromatic N) is 1. The Morgan fingerprint density at radius 2 is 1.69 bits per heavy atom. The van der Waals surface area contributed by atoms with E-state index in [1.165, 1.54) is 12.1 Å². The molecule has 1 saturated heterocycles. The minimum absolute atomic E-state index is 0.0228. The van der Waals surface area contributed by atoms with Crippen LogP contribution < -0.4 is 14.2 Å². The number of amides is 1. The molecule has 2 aromatic rings. The monoisotopic (exact) mass is 418 g/mol. The van der Waals surface area contributed by atoms with Gasteiger partial charge in [-0.15, -0.1) is 0 Å². The van der Waals surface area contributed by atoms with Crippen molar-refractivity contribution >= 4 is 21.6 Å². The van der Waals surface area contributed by atoms with Gasteiger partial charge in [-0.3, -0.25) is 9.52 Å². The summed E-state index contributed by atoms with van der Waals surface area (Å²) in [5.74, 6) is 0.874. The number of rotatable bonds is 4. The van der Waals surface area contributed by atoms with Crippen LogP contribution in [0.1, 0.15) is 15.9 Å². The zero-order chi connectivity index (χ0) is 20.4. The number of benzene rings is 2. The van der Waals surface area contributed by atoms with Gasteiger partial charge in [-0.25, -0.2) is 8.42 Å². The number of aryl methyl sites for hydroxylation is 1. The number of hydrogen-bond acceptors (Lipinski definition) is 6. The van der Waals surface area contributed by atoms with Crippen LogP contribution in [0.4, 0.5) is 5.69 Å². The van der Waals surface area contributed by atoms with Crippen molar-refractivity contribution in [3.8, 4) is 11.5 Å². The van der Waals surface area contributed by atoms with Gasteiger partial charge in [0.05, 0.1) is 23.8 Å². The Kier molecular flexibility index (Phi) is 5.33. The topological polar surface area (TPSA) is 94.2 Å². The molecule has 0 radical (unpaired) electrons. The first-order valence-corrected chi connectivity index (χ1v) is 10.8. The Balaban J connectivity index is 1.59. The maximum atomic E-state index is 12.9. The number of morpholine rings is 1. The molecule has 0 saturated carbocycles. The fraction of sp³-hybridized carbons (Fsp3) is 0.350. The molecular formula is C20H22N2O6S. The number of hydrogen-bond donors (Lipinski definition) is 1. The van der Waals surface area contributed by atoms with Gasteiger partial charge >= 0.3 is 0 Å². The van der Waals surface area contributed by atoms with E-state index in [9.17, 15) is 13.2 Å². The van der Waals surface area contributed by atoms with Crippen molar-refractivity contribution in [1.82, 2.24) is 4.90 Å². The van der Waals surface area contributed by atoms with E-state index in [1.54, 1.807) is 36.1 Å². The van der Waals surface area contributed by atoms with E-state index < -0.39 is 10.0 Å². The lowest BCUT2D eigenvalue weighted by Gasteiger charge is -2.27. The number of anilines is 1. The predicted octanol–water partition coefficient (Wildman–Crippen LogP) is 2.04. The van der Waals surface area contributed by atoms with Gasteiger partial charge in [0.25, 0.3) is 15.9 Å². The molecule has 0 spiro atoms. The molecule has 29 heavy (non-hydrogen) atoms. The molecule has 9 heteroatoms. The van der Waals surface area contributed by atoms with Gasteiger partial charge in [-0.05, 0) is 36.8 Å². The Morgan fingerprint density at radius 1 is 0.966 bits per heavy atom. The highest BCUT2D eigenvalue weighted by Gasteiger charge is 2.23. The van der Waals surface area contributed by atoms with Crippen molar-refractivity contribution in [1.29, 1.82) is 0 Å². The quantitative estimate of drug-likeness (QED) is 0.817. The summed E-state index contributed by atoms with van der Waals surface area (Å²) in [6, 6.07) is 9.42. The van der Waals surface area contributed by atoms with E-state index in [-0.39, 0.29) is 10.8 Å². The van der Waals surface area contributed by atoms with Gasteiger partial charge in [0, 0.05) is 24.7 Å². The maximum Gasteiger partial charge on any atom is 0.261 e. The smallest absolute Gasteiger partial charge is 0.261 e. The summed E-state index contributed by atoms with van der Waals surface area (Å²) in [7, 11) is -3.89. The van der Waals surface area contributed by atoms with Crippen LogP contribution in [0.5, 0.6) is 11.5 Å². The van der Waals surface area contributed by atoms with Gasteiger partial charge in [0.2, 0.25) is 0 Å². The third kappa shape index (κ3) is 4.15. The summed E-state index contributed by atoms with van der Waals surface area (Å²) < 4.78 is 44.6. The predicted molar refractivity (Wildman–Crippen MR) is 106 cm³/mol. The number of ether oxygens (including phenoxy) is 3. The van der Waals surface area contributed by atoms with E-state index in [4.69, 9.17) is 14.2 Å². The summed E-state index contributed by atoms with van der Waals surface area (Å²) >= 11 is 0. The lowest BCUT2D eigenvalue weighted by atomic mass is 10.1. The lowest BCUT2D eigenvalue weighted by Crippen LogP contribution is -2.41. The number of fused-ring (bicyclic) bond motifs is 1. The van der Waals surface area contributed by atoms with Crippen LogP contribution in [0, 0.1) is 6.92 Å². The average molecular weight is 418 g/mol. The molecule has 0 unspecified atom stereocenters. The molecule has 1 N–H and O–H groups in total. The van der Waals surface area contributed by atoms with Crippen molar-refractivity contribution in [3.63, 3.8) is 0 Å². The van der Waals surface area contributed by atoms with Crippen LogP contribution >= 0.6 is 0 Å². The first kappa shape index (κ1) is 19.5. The molecule has 0 aliphatic carbocycles. The minimum Gasteiger partial charge on any atom is -0.486 e. The van der Waals surface area contributed by atoms with E-state index >= 15 is 0 Å². The Bertz CT molecular complexity index is 1030. The summed E-state index contributed by atoms with van der Waals surface area (Å²) in [6.45, 7) is 4.60. The fourth-order valence-electron chi connectivity index (χ4n) is 3.26. The number of sulfonamides is 1. The summed E-state index contributed by atoms with van der Waals surface area (Å²) in [5.41, 5.74) is 1.45. The standard InChI is InChI=1S/C20H22N2O6S/c1-14-2-4-16(13-17(14)20(23)22-6-8-26-9-7-22)29(24,25)21-15-3-5-18-19(12-15)28-11-10-27-18/h2-5,12-13,21H,6-11H2,1H3. The Labute approximate surface area is 169 Å². The molecule has 2 aliphatic heterocycles. The van der Waals surface area contributed by atoms with E-state index in [1.807, 2.05) is 0 Å². The molecule has 154 valence electrons.